The Balaban J connectivity index is 2.38. The summed E-state index contributed by atoms with van der Waals surface area (Å²) in [5.74, 6) is -0.803. The number of nitrogens with two attached hydrogens (primary N) is 1. The van der Waals surface area contributed by atoms with Crippen LogP contribution in [0.4, 0.5) is 0 Å². The Labute approximate surface area is 113 Å². The Morgan fingerprint density at radius 3 is 2.89 bits per heavy atom. The highest BCUT2D eigenvalue weighted by molar-refractivity contribution is 5.87. The second kappa shape index (κ2) is 5.71. The summed E-state index contributed by atoms with van der Waals surface area (Å²) in [6.07, 6.45) is 2.92. The third-order valence-corrected chi connectivity index (χ3v) is 3.72. The van der Waals surface area contributed by atoms with Crippen molar-refractivity contribution in [1.82, 2.24) is 14.7 Å². The van der Waals surface area contributed by atoms with Gasteiger partial charge in [-0.05, 0) is 39.9 Å². The molecule has 3 N–H and O–H groups in total. The van der Waals surface area contributed by atoms with Gasteiger partial charge in [0.05, 0.1) is 6.54 Å². The number of carbonyl (C=O) groups is 1. The van der Waals surface area contributed by atoms with E-state index in [1.165, 1.54) is 0 Å². The fourth-order valence-corrected chi connectivity index (χ4v) is 2.74. The van der Waals surface area contributed by atoms with E-state index in [1.807, 2.05) is 18.8 Å². The molecular formula is C13H22N4O2. The molecule has 1 aliphatic rings. The molecule has 0 fully saturated rings. The van der Waals surface area contributed by atoms with Gasteiger partial charge >= 0.3 is 5.97 Å². The summed E-state index contributed by atoms with van der Waals surface area (Å²) in [6, 6.07) is 0. The lowest BCUT2D eigenvalue weighted by Gasteiger charge is -2.22. The van der Waals surface area contributed by atoms with Crippen molar-refractivity contribution in [3.63, 3.8) is 0 Å². The normalized spacial score (nSPS) is 18.6. The van der Waals surface area contributed by atoms with Crippen LogP contribution in [0.3, 0.4) is 0 Å². The summed E-state index contributed by atoms with van der Waals surface area (Å²) in [5.41, 5.74) is 7.92. The van der Waals surface area contributed by atoms with E-state index in [0.29, 0.717) is 6.54 Å². The van der Waals surface area contributed by atoms with Crippen molar-refractivity contribution >= 4 is 5.97 Å². The molecule has 6 nitrogen and oxygen atoms in total. The highest BCUT2D eigenvalue weighted by atomic mass is 16.4. The third-order valence-electron chi connectivity index (χ3n) is 3.72. The molecule has 1 unspecified atom stereocenters. The largest absolute Gasteiger partial charge is 0.476 e. The molecule has 0 saturated heterocycles. The number of aromatic nitrogens is 2. The van der Waals surface area contributed by atoms with E-state index in [9.17, 15) is 9.90 Å². The van der Waals surface area contributed by atoms with Crippen LogP contribution < -0.4 is 5.73 Å². The minimum absolute atomic E-state index is 0.142. The first-order valence-corrected chi connectivity index (χ1v) is 6.72. The van der Waals surface area contributed by atoms with Crippen LogP contribution in [-0.2, 0) is 13.0 Å². The first-order valence-electron chi connectivity index (χ1n) is 6.72. The number of rotatable bonds is 5. The number of carboxylic acids is 1. The summed E-state index contributed by atoms with van der Waals surface area (Å²) in [5, 5.41) is 13.6. The molecule has 1 aromatic rings. The van der Waals surface area contributed by atoms with Crippen molar-refractivity contribution in [3.8, 4) is 0 Å². The van der Waals surface area contributed by atoms with Gasteiger partial charge in [-0.3, -0.25) is 4.68 Å². The fraction of sp³-hybridized carbons (Fsp3) is 0.692. The zero-order valence-electron chi connectivity index (χ0n) is 11.6. The second-order valence-electron chi connectivity index (χ2n) is 5.37. The predicted octanol–water partition coefficient (Wildman–Crippen LogP) is 0.522. The van der Waals surface area contributed by atoms with Crippen LogP contribution >= 0.6 is 0 Å². The van der Waals surface area contributed by atoms with Gasteiger partial charge in [-0.25, -0.2) is 4.79 Å². The summed E-state index contributed by atoms with van der Waals surface area (Å²) in [7, 11) is 3.99. The Morgan fingerprint density at radius 1 is 1.58 bits per heavy atom. The van der Waals surface area contributed by atoms with Crippen molar-refractivity contribution in [2.45, 2.75) is 31.7 Å². The molecule has 6 heteroatoms. The Hall–Kier alpha value is -1.40. The van der Waals surface area contributed by atoms with E-state index in [0.717, 1.165) is 43.6 Å². The molecule has 1 atom stereocenters. The molecule has 1 aliphatic carbocycles. The zero-order chi connectivity index (χ0) is 14.0. The molecule has 0 amide bonds. The van der Waals surface area contributed by atoms with Crippen LogP contribution in [0.15, 0.2) is 0 Å². The number of carboxylic acid groups (broad SMARTS) is 1. The van der Waals surface area contributed by atoms with Crippen molar-refractivity contribution in [2.75, 3.05) is 27.2 Å². The van der Waals surface area contributed by atoms with E-state index in [1.54, 1.807) is 0 Å². The van der Waals surface area contributed by atoms with Crippen molar-refractivity contribution in [2.24, 2.45) is 5.73 Å². The van der Waals surface area contributed by atoms with Crippen LogP contribution in [0.25, 0.3) is 0 Å². The molecule has 0 aromatic carbocycles. The Kier molecular flexibility index (Phi) is 4.21. The van der Waals surface area contributed by atoms with Gasteiger partial charge in [0.2, 0.25) is 0 Å². The number of aromatic carboxylic acids is 1. The predicted molar refractivity (Wildman–Crippen MR) is 72.5 cm³/mol. The van der Waals surface area contributed by atoms with Crippen LogP contribution in [0.5, 0.6) is 0 Å². The van der Waals surface area contributed by atoms with Gasteiger partial charge in [0.15, 0.2) is 5.69 Å². The number of hydrogen-bond donors (Lipinski definition) is 2. The first kappa shape index (κ1) is 14.0. The van der Waals surface area contributed by atoms with Gasteiger partial charge in [0.25, 0.3) is 0 Å². The minimum Gasteiger partial charge on any atom is -0.476 e. The average molecular weight is 266 g/mol. The van der Waals surface area contributed by atoms with Gasteiger partial charge in [0.1, 0.15) is 0 Å². The molecule has 2 rings (SSSR count). The summed E-state index contributed by atoms with van der Waals surface area (Å²) < 4.78 is 1.86. The molecule has 0 bridgehead atoms. The highest BCUT2D eigenvalue weighted by Gasteiger charge is 2.30. The smallest absolute Gasteiger partial charge is 0.356 e. The first-order chi connectivity index (χ1) is 9.04. The van der Waals surface area contributed by atoms with E-state index in [-0.39, 0.29) is 11.6 Å². The molecule has 0 radical (unpaired) electrons. The molecule has 19 heavy (non-hydrogen) atoms. The maximum atomic E-state index is 11.4. The molecule has 106 valence electrons. The van der Waals surface area contributed by atoms with E-state index < -0.39 is 5.97 Å². The van der Waals surface area contributed by atoms with Gasteiger partial charge in [-0.2, -0.15) is 5.10 Å². The quantitative estimate of drug-likeness (QED) is 0.811. The highest BCUT2D eigenvalue weighted by Crippen LogP contribution is 2.33. The van der Waals surface area contributed by atoms with Crippen molar-refractivity contribution < 1.29 is 9.90 Å². The lowest BCUT2D eigenvalue weighted by Crippen LogP contribution is -2.23. The van der Waals surface area contributed by atoms with Gasteiger partial charge in [0, 0.05) is 23.7 Å². The van der Waals surface area contributed by atoms with E-state index >= 15 is 0 Å². The maximum absolute atomic E-state index is 11.4. The lowest BCUT2D eigenvalue weighted by atomic mass is 9.85. The molecule has 0 aliphatic heterocycles. The molecule has 0 saturated carbocycles. The van der Waals surface area contributed by atoms with Crippen LogP contribution in [0.2, 0.25) is 0 Å². The fourth-order valence-electron chi connectivity index (χ4n) is 2.74. The lowest BCUT2D eigenvalue weighted by molar-refractivity contribution is 0.0687. The topological polar surface area (TPSA) is 84.4 Å². The van der Waals surface area contributed by atoms with Crippen molar-refractivity contribution in [3.05, 3.63) is 17.0 Å². The number of fused-ring (bicyclic) bond motifs is 1. The summed E-state index contributed by atoms with van der Waals surface area (Å²) >= 11 is 0. The van der Waals surface area contributed by atoms with Gasteiger partial charge in [-0.15, -0.1) is 0 Å². The third kappa shape index (κ3) is 2.79. The summed E-state index contributed by atoms with van der Waals surface area (Å²) in [4.78, 5) is 13.4. The van der Waals surface area contributed by atoms with Crippen LogP contribution in [0, 0.1) is 0 Å². The monoisotopic (exact) mass is 266 g/mol. The number of likely N-dealkylation sites (N-methyl/N-ethyl adjacent to an activating group) is 1. The van der Waals surface area contributed by atoms with Crippen LogP contribution in [0.1, 0.15) is 40.5 Å². The average Bonchev–Trinajstić information content (AvgIpc) is 2.75. The van der Waals surface area contributed by atoms with E-state index in [4.69, 9.17) is 5.73 Å². The number of nitrogens with zero attached hydrogens (tertiary/aromatic N) is 3. The van der Waals surface area contributed by atoms with Gasteiger partial charge in [-0.1, -0.05) is 0 Å². The van der Waals surface area contributed by atoms with E-state index in [2.05, 4.69) is 10.00 Å². The second-order valence-corrected chi connectivity index (χ2v) is 5.37. The molecule has 0 spiro atoms. The minimum atomic E-state index is -0.944. The SMILES string of the molecule is CN(C)CCn1nc(C(=O)O)c2c1CCCC2CN. The molecule has 1 heterocycles. The summed E-state index contributed by atoms with van der Waals surface area (Å²) in [6.45, 7) is 2.06. The molecule has 1 aromatic heterocycles. The van der Waals surface area contributed by atoms with Gasteiger partial charge < -0.3 is 15.7 Å². The zero-order valence-corrected chi connectivity index (χ0v) is 11.6. The number of hydrogen-bond acceptors (Lipinski definition) is 4. The van der Waals surface area contributed by atoms with Crippen molar-refractivity contribution in [1.29, 1.82) is 0 Å². The van der Waals surface area contributed by atoms with Crippen LogP contribution in [-0.4, -0.2) is 52.9 Å². The molecular weight excluding hydrogens is 244 g/mol. The standard InChI is InChI=1S/C13H22N4O2/c1-16(2)6-7-17-10-5-3-4-9(8-14)11(10)12(15-17)13(18)19/h9H,3-8,14H2,1-2H3,(H,18,19). The maximum Gasteiger partial charge on any atom is 0.356 e. The Morgan fingerprint density at radius 2 is 2.32 bits per heavy atom. The Bertz CT molecular complexity index is 467.